The number of carbonyl (C=O) groups is 2. The molecule has 1 heterocycles. The zero-order valence-electron chi connectivity index (χ0n) is 22.8. The molecule has 8 heteroatoms. The zero-order chi connectivity index (χ0) is 27.7. The number of phenols is 1. The molecule has 0 spiro atoms. The van der Waals surface area contributed by atoms with Gasteiger partial charge in [0.05, 0.1) is 26.9 Å². The molecule has 5 rings (SSSR count). The average molecular weight is 534 g/mol. The summed E-state index contributed by atoms with van der Waals surface area (Å²) in [4.78, 5) is 27.5. The predicted octanol–water partition coefficient (Wildman–Crippen LogP) is 5.27. The minimum atomic E-state index is -0.661. The lowest BCUT2D eigenvalue weighted by atomic mass is 9.71. The fraction of sp³-hybridized carbons (Fsp3) is 0.419. The molecule has 0 saturated heterocycles. The summed E-state index contributed by atoms with van der Waals surface area (Å²) < 4.78 is 22.0. The van der Waals surface area contributed by atoms with Crippen LogP contribution in [0.15, 0.2) is 58.9 Å². The molecule has 8 nitrogen and oxygen atoms in total. The summed E-state index contributed by atoms with van der Waals surface area (Å²) in [6.45, 7) is 1.84. The number of phenolic OH excluding ortho intramolecular Hbond substituents is 1. The van der Waals surface area contributed by atoms with Gasteiger partial charge < -0.3 is 29.4 Å². The van der Waals surface area contributed by atoms with Crippen molar-refractivity contribution in [3.63, 3.8) is 0 Å². The molecule has 2 aromatic carbocycles. The van der Waals surface area contributed by atoms with Crippen LogP contribution < -0.4 is 19.5 Å². The summed E-state index contributed by atoms with van der Waals surface area (Å²) in [5.74, 6) is 0.292. The van der Waals surface area contributed by atoms with Crippen LogP contribution in [-0.4, -0.2) is 44.3 Å². The van der Waals surface area contributed by atoms with E-state index in [2.05, 4.69) is 5.32 Å². The van der Waals surface area contributed by atoms with E-state index in [0.29, 0.717) is 46.1 Å². The number of hydrogen-bond donors (Lipinski definition) is 2. The van der Waals surface area contributed by atoms with Crippen molar-refractivity contribution in [1.29, 1.82) is 0 Å². The van der Waals surface area contributed by atoms with Gasteiger partial charge in [0.15, 0.2) is 28.8 Å². The van der Waals surface area contributed by atoms with Gasteiger partial charge in [0, 0.05) is 29.3 Å². The van der Waals surface area contributed by atoms with E-state index in [0.717, 1.165) is 36.9 Å². The van der Waals surface area contributed by atoms with Crippen LogP contribution in [0.5, 0.6) is 23.0 Å². The molecule has 39 heavy (non-hydrogen) atoms. The number of ether oxygens (including phenoxy) is 4. The number of nitrogens with one attached hydrogen (secondary N) is 1. The van der Waals surface area contributed by atoms with Crippen molar-refractivity contribution in [2.24, 2.45) is 0 Å². The maximum absolute atomic E-state index is 13.9. The van der Waals surface area contributed by atoms with Crippen molar-refractivity contribution in [3.8, 4) is 23.0 Å². The van der Waals surface area contributed by atoms with Crippen LogP contribution in [0.25, 0.3) is 0 Å². The zero-order valence-corrected chi connectivity index (χ0v) is 22.8. The van der Waals surface area contributed by atoms with Gasteiger partial charge in [0.25, 0.3) is 0 Å². The van der Waals surface area contributed by atoms with Crippen LogP contribution in [0, 0.1) is 0 Å². The molecule has 0 aromatic heterocycles. The first-order valence-corrected chi connectivity index (χ1v) is 13.4. The second-order valence-electron chi connectivity index (χ2n) is 10.4. The number of carbonyl (C=O) groups excluding carboxylic acids is 2. The molecule has 3 aliphatic rings. The summed E-state index contributed by atoms with van der Waals surface area (Å²) in [5.41, 5.74) is 3.99. The number of Topliss-reactive ketones (excluding diaryl/α,β-unsaturated/α-hetero) is 1. The van der Waals surface area contributed by atoms with Gasteiger partial charge in [-0.2, -0.15) is 0 Å². The van der Waals surface area contributed by atoms with Crippen molar-refractivity contribution in [1.82, 2.24) is 5.32 Å². The number of benzene rings is 2. The van der Waals surface area contributed by atoms with Crippen LogP contribution in [0.2, 0.25) is 0 Å². The molecular weight excluding hydrogens is 498 g/mol. The van der Waals surface area contributed by atoms with Crippen LogP contribution in [0.1, 0.15) is 68.4 Å². The highest BCUT2D eigenvalue weighted by molar-refractivity contribution is 6.04. The number of esters is 1. The lowest BCUT2D eigenvalue weighted by Crippen LogP contribution is -2.36. The van der Waals surface area contributed by atoms with Crippen molar-refractivity contribution in [3.05, 3.63) is 70.1 Å². The Morgan fingerprint density at radius 1 is 0.897 bits per heavy atom. The Balaban J connectivity index is 1.55. The predicted molar refractivity (Wildman–Crippen MR) is 145 cm³/mol. The highest BCUT2D eigenvalue weighted by Crippen LogP contribution is 2.47. The van der Waals surface area contributed by atoms with Gasteiger partial charge in [-0.05, 0) is 80.3 Å². The number of hydrogen-bond acceptors (Lipinski definition) is 8. The van der Waals surface area contributed by atoms with Gasteiger partial charge in [0.1, 0.15) is 6.10 Å². The fourth-order valence-corrected chi connectivity index (χ4v) is 6.09. The lowest BCUT2D eigenvalue weighted by molar-refractivity contribution is -0.144. The van der Waals surface area contributed by atoms with E-state index < -0.39 is 11.9 Å². The molecule has 0 unspecified atom stereocenters. The summed E-state index contributed by atoms with van der Waals surface area (Å²) in [6, 6.07) is 10.7. The lowest BCUT2D eigenvalue weighted by Gasteiger charge is -2.37. The SMILES string of the molecule is COc1ccc([C@@H]2C(C(=O)OC3CCCC3)=C(C)NC3=C2C(=O)C[C@@H](c2ccc(OC)c(OC)c2)C3)cc1O. The molecule has 0 bridgehead atoms. The van der Waals surface area contributed by atoms with Gasteiger partial charge in [-0.3, -0.25) is 4.79 Å². The smallest absolute Gasteiger partial charge is 0.337 e. The monoisotopic (exact) mass is 533 g/mol. The largest absolute Gasteiger partial charge is 0.504 e. The van der Waals surface area contributed by atoms with Crippen molar-refractivity contribution in [2.45, 2.75) is 63.4 Å². The van der Waals surface area contributed by atoms with E-state index in [1.54, 1.807) is 32.4 Å². The van der Waals surface area contributed by atoms with Gasteiger partial charge in [-0.25, -0.2) is 4.79 Å². The molecular formula is C31H35NO7. The number of methoxy groups -OCH3 is 3. The highest BCUT2D eigenvalue weighted by Gasteiger charge is 2.42. The third-order valence-corrected chi connectivity index (χ3v) is 8.04. The molecule has 1 saturated carbocycles. The standard InChI is InChI=1S/C31H35NO7/c1-17-28(31(35)39-21-7-5-6-8-21)29(19-10-11-25(36-2)23(33)14-19)30-22(32-17)13-20(15-24(30)34)18-9-12-26(37-3)27(16-18)38-4/h9-12,14,16,20-21,29,32-33H,5-8,13,15H2,1-4H3/t20-,29+/m0/s1. The van der Waals surface area contributed by atoms with Crippen LogP contribution >= 0.6 is 0 Å². The van der Waals surface area contributed by atoms with Crippen LogP contribution in [-0.2, 0) is 14.3 Å². The number of allylic oxidation sites excluding steroid dienone is 3. The summed E-state index contributed by atoms with van der Waals surface area (Å²) in [7, 11) is 4.66. The van der Waals surface area contributed by atoms with Crippen LogP contribution in [0.3, 0.4) is 0 Å². The fourth-order valence-electron chi connectivity index (χ4n) is 6.09. The third-order valence-electron chi connectivity index (χ3n) is 8.04. The Bertz CT molecular complexity index is 1350. The molecule has 0 radical (unpaired) electrons. The topological polar surface area (TPSA) is 103 Å². The number of aromatic hydroxyl groups is 1. The highest BCUT2D eigenvalue weighted by atomic mass is 16.5. The Hall–Kier alpha value is -3.94. The van der Waals surface area contributed by atoms with Gasteiger partial charge in [0.2, 0.25) is 0 Å². The molecule has 2 aromatic rings. The van der Waals surface area contributed by atoms with E-state index in [1.807, 2.05) is 25.1 Å². The molecule has 0 amide bonds. The number of dihydropyridines is 1. The molecule has 1 aliphatic heterocycles. The Kier molecular flexibility index (Phi) is 7.55. The van der Waals surface area contributed by atoms with Gasteiger partial charge in [-0.15, -0.1) is 0 Å². The first-order valence-electron chi connectivity index (χ1n) is 13.4. The maximum atomic E-state index is 13.9. The molecule has 206 valence electrons. The van der Waals surface area contributed by atoms with E-state index in [9.17, 15) is 14.7 Å². The second-order valence-corrected chi connectivity index (χ2v) is 10.4. The molecule has 2 aliphatic carbocycles. The molecule has 2 atom stereocenters. The average Bonchev–Trinajstić information content (AvgIpc) is 3.44. The summed E-state index contributed by atoms with van der Waals surface area (Å²) in [6.07, 6.45) is 4.51. The first kappa shape index (κ1) is 26.7. The quantitative estimate of drug-likeness (QED) is 0.465. The van der Waals surface area contributed by atoms with E-state index in [-0.39, 0.29) is 30.0 Å². The summed E-state index contributed by atoms with van der Waals surface area (Å²) >= 11 is 0. The Morgan fingerprint density at radius 3 is 2.23 bits per heavy atom. The van der Waals surface area contributed by atoms with Gasteiger partial charge in [-0.1, -0.05) is 12.1 Å². The number of ketones is 1. The maximum Gasteiger partial charge on any atom is 0.337 e. The van der Waals surface area contributed by atoms with E-state index in [1.165, 1.54) is 7.11 Å². The first-order chi connectivity index (χ1) is 18.8. The molecule has 2 N–H and O–H groups in total. The Labute approximate surface area is 228 Å². The van der Waals surface area contributed by atoms with Crippen molar-refractivity contribution >= 4 is 11.8 Å². The normalized spacial score (nSPS) is 21.4. The van der Waals surface area contributed by atoms with Crippen molar-refractivity contribution in [2.75, 3.05) is 21.3 Å². The Morgan fingerprint density at radius 2 is 1.56 bits per heavy atom. The minimum absolute atomic E-state index is 0.0525. The van der Waals surface area contributed by atoms with E-state index >= 15 is 0 Å². The molecule has 1 fully saturated rings. The minimum Gasteiger partial charge on any atom is -0.504 e. The second kappa shape index (κ2) is 11.0. The van der Waals surface area contributed by atoms with Crippen LogP contribution in [0.4, 0.5) is 0 Å². The number of rotatable bonds is 7. The van der Waals surface area contributed by atoms with Gasteiger partial charge >= 0.3 is 5.97 Å². The van der Waals surface area contributed by atoms with Crippen molar-refractivity contribution < 1.29 is 33.6 Å². The van der Waals surface area contributed by atoms with E-state index in [4.69, 9.17) is 18.9 Å². The summed E-state index contributed by atoms with van der Waals surface area (Å²) in [5, 5.41) is 14.0. The third kappa shape index (κ3) is 5.07.